The first-order chi connectivity index (χ1) is 16.8. The van der Waals surface area contributed by atoms with Gasteiger partial charge in [0.15, 0.2) is 0 Å². The molecule has 4 rings (SSSR count). The van der Waals surface area contributed by atoms with E-state index in [4.69, 9.17) is 4.74 Å². The fourth-order valence-electron chi connectivity index (χ4n) is 5.73. The highest BCUT2D eigenvalue weighted by molar-refractivity contribution is 5.90. The Bertz CT molecular complexity index is 998. The lowest BCUT2D eigenvalue weighted by Gasteiger charge is -2.39. The molecular weight excluding hydrogens is 440 g/mol. The number of ether oxygens (including phenoxy) is 1. The molecule has 7 nitrogen and oxygen atoms in total. The molecule has 4 amide bonds. The van der Waals surface area contributed by atoms with E-state index in [0.29, 0.717) is 32.2 Å². The third-order valence-electron chi connectivity index (χ3n) is 8.41. The van der Waals surface area contributed by atoms with Crippen molar-refractivity contribution in [3.63, 3.8) is 0 Å². The van der Waals surface area contributed by atoms with Gasteiger partial charge in [0.05, 0.1) is 12.7 Å². The summed E-state index contributed by atoms with van der Waals surface area (Å²) >= 11 is 0. The van der Waals surface area contributed by atoms with Crippen LogP contribution in [-0.2, 0) is 4.74 Å². The van der Waals surface area contributed by atoms with Crippen molar-refractivity contribution in [2.75, 3.05) is 36.9 Å². The summed E-state index contributed by atoms with van der Waals surface area (Å²) in [5, 5.41) is 8.59. The smallest absolute Gasteiger partial charge is 0.321 e. The second kappa shape index (κ2) is 10.7. The fraction of sp³-hybridized carbons (Fsp3) is 0.500. The van der Waals surface area contributed by atoms with Crippen molar-refractivity contribution >= 4 is 23.4 Å². The first-order valence-corrected chi connectivity index (χ1v) is 12.6. The van der Waals surface area contributed by atoms with Crippen LogP contribution in [0.5, 0.6) is 0 Å². The van der Waals surface area contributed by atoms with E-state index in [1.165, 1.54) is 12.8 Å². The summed E-state index contributed by atoms with van der Waals surface area (Å²) in [6, 6.07) is 18.2. The molecular formula is C28H38N4O3. The van der Waals surface area contributed by atoms with E-state index in [1.54, 1.807) is 4.90 Å². The Morgan fingerprint density at radius 1 is 0.943 bits per heavy atom. The molecule has 0 aromatic heterocycles. The molecule has 7 heteroatoms. The maximum Gasteiger partial charge on any atom is 0.321 e. The molecule has 188 valence electrons. The lowest BCUT2D eigenvalue weighted by molar-refractivity contribution is -0.0494. The van der Waals surface area contributed by atoms with Gasteiger partial charge >= 0.3 is 12.1 Å². The van der Waals surface area contributed by atoms with Crippen molar-refractivity contribution in [2.24, 2.45) is 16.7 Å². The number of fused-ring (bicyclic) bond motifs is 2. The van der Waals surface area contributed by atoms with Gasteiger partial charge in [-0.1, -0.05) is 57.2 Å². The second-order valence-electron chi connectivity index (χ2n) is 10.5. The van der Waals surface area contributed by atoms with Crippen LogP contribution in [0.4, 0.5) is 21.0 Å². The average Bonchev–Trinajstić information content (AvgIpc) is 3.18. The number of carbonyl (C=O) groups excluding carboxylic acids is 2. The number of nitrogens with one attached hydrogen (secondary N) is 3. The molecule has 0 spiro atoms. The summed E-state index contributed by atoms with van der Waals surface area (Å²) in [4.78, 5) is 27.0. The minimum absolute atomic E-state index is 0.186. The summed E-state index contributed by atoms with van der Waals surface area (Å²) < 4.78 is 6.39. The predicted molar refractivity (Wildman–Crippen MR) is 139 cm³/mol. The molecule has 2 saturated carbocycles. The van der Waals surface area contributed by atoms with E-state index < -0.39 is 0 Å². The van der Waals surface area contributed by atoms with Crippen LogP contribution in [0.3, 0.4) is 0 Å². The molecule has 3 atom stereocenters. The van der Waals surface area contributed by atoms with Gasteiger partial charge < -0.3 is 25.6 Å². The van der Waals surface area contributed by atoms with E-state index in [-0.39, 0.29) is 29.0 Å². The number of benzene rings is 2. The first kappa shape index (κ1) is 25.0. The predicted octanol–water partition coefficient (Wildman–Crippen LogP) is 5.57. The third kappa shape index (κ3) is 5.61. The Kier molecular flexibility index (Phi) is 7.65. The minimum Gasteiger partial charge on any atom is -0.376 e. The molecule has 2 aromatic carbocycles. The molecule has 35 heavy (non-hydrogen) atoms. The molecule has 2 aliphatic carbocycles. The van der Waals surface area contributed by atoms with Crippen molar-refractivity contribution in [3.8, 4) is 0 Å². The Hall–Kier alpha value is -3.06. The lowest BCUT2D eigenvalue weighted by Crippen LogP contribution is -2.44. The van der Waals surface area contributed by atoms with Gasteiger partial charge in [0.1, 0.15) is 0 Å². The van der Waals surface area contributed by atoms with E-state index >= 15 is 0 Å². The number of anilines is 2. The molecule has 3 N–H and O–H groups in total. The summed E-state index contributed by atoms with van der Waals surface area (Å²) in [6.07, 6.45) is 3.81. The molecule has 0 unspecified atom stereocenters. The summed E-state index contributed by atoms with van der Waals surface area (Å²) in [5.74, 6) is 0.710. The lowest BCUT2D eigenvalue weighted by atomic mass is 9.70. The normalized spacial score (nSPS) is 24.1. The monoisotopic (exact) mass is 478 g/mol. The topological polar surface area (TPSA) is 82.7 Å². The maximum atomic E-state index is 13.0. The molecule has 0 aliphatic heterocycles. The van der Waals surface area contributed by atoms with E-state index in [1.807, 2.05) is 60.7 Å². The van der Waals surface area contributed by atoms with Gasteiger partial charge in [-0.15, -0.1) is 0 Å². The van der Waals surface area contributed by atoms with Crippen LogP contribution in [0.1, 0.15) is 40.0 Å². The van der Waals surface area contributed by atoms with Crippen molar-refractivity contribution < 1.29 is 14.3 Å². The zero-order valence-corrected chi connectivity index (χ0v) is 21.0. The van der Waals surface area contributed by atoms with Crippen LogP contribution in [-0.4, -0.2) is 49.3 Å². The van der Waals surface area contributed by atoms with Crippen molar-refractivity contribution in [3.05, 3.63) is 60.7 Å². The van der Waals surface area contributed by atoms with Gasteiger partial charge in [-0.25, -0.2) is 9.59 Å². The van der Waals surface area contributed by atoms with Crippen LogP contribution in [0.25, 0.3) is 0 Å². The number of hydrogen-bond acceptors (Lipinski definition) is 3. The van der Waals surface area contributed by atoms with E-state index in [2.05, 4.69) is 36.7 Å². The largest absolute Gasteiger partial charge is 0.376 e. The van der Waals surface area contributed by atoms with Gasteiger partial charge in [0, 0.05) is 31.0 Å². The van der Waals surface area contributed by atoms with Gasteiger partial charge in [-0.2, -0.15) is 0 Å². The number of hydrogen-bond donors (Lipinski definition) is 3. The van der Waals surface area contributed by atoms with Crippen LogP contribution < -0.4 is 16.0 Å². The highest BCUT2D eigenvalue weighted by Crippen LogP contribution is 2.66. The zero-order valence-electron chi connectivity index (χ0n) is 21.0. The average molecular weight is 479 g/mol. The van der Waals surface area contributed by atoms with Crippen molar-refractivity contribution in [1.29, 1.82) is 0 Å². The minimum atomic E-state index is -0.298. The Morgan fingerprint density at radius 3 is 2.14 bits per heavy atom. The maximum absolute atomic E-state index is 13.0. The third-order valence-corrected chi connectivity index (χ3v) is 8.41. The molecule has 2 bridgehead atoms. The highest BCUT2D eigenvalue weighted by atomic mass is 16.5. The molecule has 0 heterocycles. The molecule has 0 radical (unpaired) electrons. The Labute approximate surface area is 208 Å². The molecule has 2 fully saturated rings. The van der Waals surface area contributed by atoms with Crippen LogP contribution >= 0.6 is 0 Å². The number of rotatable bonds is 9. The van der Waals surface area contributed by atoms with E-state index in [0.717, 1.165) is 17.8 Å². The highest BCUT2D eigenvalue weighted by Gasteiger charge is 2.61. The summed E-state index contributed by atoms with van der Waals surface area (Å²) in [7, 11) is 0. The number of urea groups is 2. The zero-order chi connectivity index (χ0) is 24.9. The quantitative estimate of drug-likeness (QED) is 0.440. The molecule has 2 aliphatic rings. The number of amides is 4. The van der Waals surface area contributed by atoms with E-state index in [9.17, 15) is 9.59 Å². The molecule has 2 aromatic rings. The summed E-state index contributed by atoms with van der Waals surface area (Å²) in [5.41, 5.74) is 1.93. The summed E-state index contributed by atoms with van der Waals surface area (Å²) in [6.45, 7) is 8.75. The molecule has 0 saturated heterocycles. The van der Waals surface area contributed by atoms with Crippen LogP contribution in [0.2, 0.25) is 0 Å². The van der Waals surface area contributed by atoms with Crippen LogP contribution in [0, 0.1) is 16.7 Å². The van der Waals surface area contributed by atoms with Crippen LogP contribution in [0.15, 0.2) is 60.7 Å². The van der Waals surface area contributed by atoms with Crippen molar-refractivity contribution in [1.82, 2.24) is 10.2 Å². The van der Waals surface area contributed by atoms with Gasteiger partial charge in [0.25, 0.3) is 0 Å². The second-order valence-corrected chi connectivity index (χ2v) is 10.5. The number of para-hydroxylation sites is 2. The Balaban J connectivity index is 1.30. The van der Waals surface area contributed by atoms with Crippen molar-refractivity contribution in [2.45, 2.75) is 46.1 Å². The number of carbonyl (C=O) groups is 2. The Morgan fingerprint density at radius 2 is 1.57 bits per heavy atom. The fourth-order valence-corrected chi connectivity index (χ4v) is 5.73. The van der Waals surface area contributed by atoms with Gasteiger partial charge in [-0.3, -0.25) is 0 Å². The SMILES string of the molecule is CC1(C)[C@H]2CC[C@@]1(C)[C@H](OCCN(CCNC(=O)Nc1ccccc1)C(=O)Nc1ccccc1)C2. The number of nitrogens with zero attached hydrogens (tertiary/aromatic N) is 1. The van der Waals surface area contributed by atoms with Gasteiger partial charge in [0.2, 0.25) is 0 Å². The van der Waals surface area contributed by atoms with Gasteiger partial charge in [-0.05, 0) is 60.3 Å². The standard InChI is InChI=1S/C28H38N4O3/c1-27(2)21-14-15-28(27,3)24(20-21)35-19-18-32(26(34)31-23-12-8-5-9-13-23)17-16-29-25(33)30-22-10-6-4-7-11-22/h4-13,21,24H,14-20H2,1-3H3,(H,31,34)(H2,29,30,33)/t21-,24+,28-/m0/s1. The first-order valence-electron chi connectivity index (χ1n) is 12.6.